The van der Waals surface area contributed by atoms with E-state index in [1.165, 1.54) is 25.7 Å². The highest BCUT2D eigenvalue weighted by atomic mass is 35.5. The summed E-state index contributed by atoms with van der Waals surface area (Å²) >= 11 is 13.2. The van der Waals surface area contributed by atoms with Gasteiger partial charge in [-0.15, -0.1) is 0 Å². The molecule has 6 rings (SSSR count). The van der Waals surface area contributed by atoms with Crippen molar-refractivity contribution in [1.82, 2.24) is 15.3 Å². The first kappa shape index (κ1) is 29.3. The standard InChI is InChI=1S/C33H33Cl2N5O3/c1-20-4-3-7-38-28(20)19-43-32-25(34)10-23(11-26(32)35)40-31-22(16-36)17-39-27-13-30(29(41-2)12-24(27)31)42-18-21-14-33(15-21)5-8-37-9-6-33/h3-4,7,10-13,17,21,37H,5-6,8-9,14-15,18-19H2,1-2H3,(H,39,40). The van der Waals surface area contributed by atoms with Gasteiger partial charge in [-0.25, -0.2) is 0 Å². The summed E-state index contributed by atoms with van der Waals surface area (Å²) in [6.07, 6.45) is 8.18. The van der Waals surface area contributed by atoms with Crippen molar-refractivity contribution in [3.63, 3.8) is 0 Å². The number of ether oxygens (including phenoxy) is 3. The molecule has 1 saturated heterocycles. The zero-order valence-corrected chi connectivity index (χ0v) is 25.7. The average Bonchev–Trinajstić information content (AvgIpc) is 2.99. The molecule has 1 aliphatic heterocycles. The first-order valence-corrected chi connectivity index (χ1v) is 15.2. The maximum absolute atomic E-state index is 9.91. The third kappa shape index (κ3) is 6.16. The predicted molar refractivity (Wildman–Crippen MR) is 169 cm³/mol. The number of pyridine rings is 2. The lowest BCUT2D eigenvalue weighted by molar-refractivity contribution is -0.00241. The maximum atomic E-state index is 9.91. The minimum atomic E-state index is 0.232. The average molecular weight is 619 g/mol. The molecule has 10 heteroatoms. The van der Waals surface area contributed by atoms with Crippen LogP contribution < -0.4 is 24.8 Å². The molecule has 0 amide bonds. The van der Waals surface area contributed by atoms with Crippen LogP contribution >= 0.6 is 23.2 Å². The molecule has 2 fully saturated rings. The van der Waals surface area contributed by atoms with Crippen molar-refractivity contribution in [3.8, 4) is 23.3 Å². The maximum Gasteiger partial charge on any atom is 0.163 e. The van der Waals surface area contributed by atoms with Crippen molar-refractivity contribution in [2.24, 2.45) is 11.3 Å². The zero-order chi connectivity index (χ0) is 30.0. The number of piperidine rings is 1. The molecule has 4 aromatic rings. The van der Waals surface area contributed by atoms with Crippen molar-refractivity contribution >= 4 is 45.5 Å². The normalized spacial score (nSPS) is 16.0. The number of nitriles is 1. The smallest absolute Gasteiger partial charge is 0.163 e. The second kappa shape index (κ2) is 12.5. The van der Waals surface area contributed by atoms with Gasteiger partial charge >= 0.3 is 0 Å². The van der Waals surface area contributed by atoms with Crippen LogP contribution in [0.1, 0.15) is 42.5 Å². The van der Waals surface area contributed by atoms with Gasteiger partial charge in [0.25, 0.3) is 0 Å². The third-order valence-corrected chi connectivity index (χ3v) is 9.16. The van der Waals surface area contributed by atoms with E-state index >= 15 is 0 Å². The van der Waals surface area contributed by atoms with Gasteiger partial charge in [0.2, 0.25) is 0 Å². The number of fused-ring (bicyclic) bond motifs is 1. The molecule has 0 radical (unpaired) electrons. The Kier molecular flexibility index (Phi) is 8.49. The molecule has 2 aromatic heterocycles. The van der Waals surface area contributed by atoms with Crippen molar-refractivity contribution < 1.29 is 14.2 Å². The Morgan fingerprint density at radius 3 is 2.53 bits per heavy atom. The third-order valence-electron chi connectivity index (χ3n) is 8.59. The minimum absolute atomic E-state index is 0.232. The quantitative estimate of drug-likeness (QED) is 0.198. The van der Waals surface area contributed by atoms with E-state index in [0.29, 0.717) is 73.1 Å². The number of halogens is 2. The van der Waals surface area contributed by atoms with Crippen molar-refractivity contribution in [3.05, 3.63) is 75.7 Å². The van der Waals surface area contributed by atoms with Crippen LogP contribution in [0, 0.1) is 29.6 Å². The molecule has 222 valence electrons. The Morgan fingerprint density at radius 1 is 1.07 bits per heavy atom. The number of hydrogen-bond donors (Lipinski definition) is 2. The lowest BCUT2D eigenvalue weighted by Crippen LogP contribution is -2.46. The van der Waals surface area contributed by atoms with E-state index in [-0.39, 0.29) is 6.61 Å². The number of benzene rings is 2. The van der Waals surface area contributed by atoms with Crippen LogP contribution in [0.3, 0.4) is 0 Å². The number of hydrogen-bond acceptors (Lipinski definition) is 8. The fourth-order valence-electron chi connectivity index (χ4n) is 6.27. The van der Waals surface area contributed by atoms with Crippen molar-refractivity contribution in [2.45, 2.75) is 39.2 Å². The number of aromatic nitrogens is 2. The van der Waals surface area contributed by atoms with E-state index < -0.39 is 0 Å². The molecule has 1 saturated carbocycles. The summed E-state index contributed by atoms with van der Waals surface area (Å²) < 4.78 is 17.9. The van der Waals surface area contributed by atoms with Gasteiger partial charge in [-0.05, 0) is 86.9 Å². The summed E-state index contributed by atoms with van der Waals surface area (Å²) in [5.41, 5.74) is 4.50. The minimum Gasteiger partial charge on any atom is -0.493 e. The molecular formula is C33H33Cl2N5O3. The van der Waals surface area contributed by atoms with Gasteiger partial charge < -0.3 is 24.8 Å². The molecule has 0 bridgehead atoms. The Bertz CT molecular complexity index is 1670. The fraction of sp³-hybridized carbons (Fsp3) is 0.364. The van der Waals surface area contributed by atoms with Crippen LogP contribution in [-0.2, 0) is 6.61 Å². The van der Waals surface area contributed by atoms with Gasteiger partial charge in [-0.3, -0.25) is 9.97 Å². The van der Waals surface area contributed by atoms with E-state index in [4.69, 9.17) is 37.4 Å². The second-order valence-electron chi connectivity index (χ2n) is 11.5. The number of methoxy groups -OCH3 is 1. The van der Waals surface area contributed by atoms with Gasteiger partial charge in [-0.2, -0.15) is 5.26 Å². The Balaban J connectivity index is 1.22. The fourth-order valence-corrected chi connectivity index (χ4v) is 6.87. The molecule has 3 heterocycles. The summed E-state index contributed by atoms with van der Waals surface area (Å²) in [7, 11) is 1.61. The molecule has 0 atom stereocenters. The lowest BCUT2D eigenvalue weighted by atomic mass is 9.58. The van der Waals surface area contributed by atoms with Crippen molar-refractivity contribution in [2.75, 3.05) is 32.1 Å². The van der Waals surface area contributed by atoms with Gasteiger partial charge in [-0.1, -0.05) is 29.3 Å². The van der Waals surface area contributed by atoms with Gasteiger partial charge in [0.05, 0.1) is 46.2 Å². The van der Waals surface area contributed by atoms with Crippen LogP contribution in [0.5, 0.6) is 17.2 Å². The van der Waals surface area contributed by atoms with E-state index in [1.807, 2.05) is 31.2 Å². The second-order valence-corrected chi connectivity index (χ2v) is 12.3. The first-order valence-electron chi connectivity index (χ1n) is 14.4. The summed E-state index contributed by atoms with van der Waals surface area (Å²) in [5, 5.41) is 18.1. The highest BCUT2D eigenvalue weighted by Crippen LogP contribution is 2.52. The van der Waals surface area contributed by atoms with Gasteiger partial charge in [0, 0.05) is 29.5 Å². The van der Waals surface area contributed by atoms with Crippen LogP contribution in [-0.4, -0.2) is 36.8 Å². The summed E-state index contributed by atoms with van der Waals surface area (Å²) in [4.78, 5) is 8.90. The summed E-state index contributed by atoms with van der Waals surface area (Å²) in [5.74, 6) is 2.12. The number of nitrogens with one attached hydrogen (secondary N) is 2. The zero-order valence-electron chi connectivity index (χ0n) is 24.2. The largest absolute Gasteiger partial charge is 0.493 e. The highest BCUT2D eigenvalue weighted by Gasteiger charge is 2.44. The molecule has 2 aromatic carbocycles. The van der Waals surface area contributed by atoms with Crippen LogP contribution in [0.4, 0.5) is 11.4 Å². The van der Waals surface area contributed by atoms with Gasteiger partial charge in [0.15, 0.2) is 17.2 Å². The van der Waals surface area contributed by atoms with E-state index in [9.17, 15) is 5.26 Å². The van der Waals surface area contributed by atoms with Crippen molar-refractivity contribution in [1.29, 1.82) is 5.26 Å². The van der Waals surface area contributed by atoms with Crippen LogP contribution in [0.2, 0.25) is 10.0 Å². The Labute approximate surface area is 261 Å². The van der Waals surface area contributed by atoms with Crippen LogP contribution in [0.25, 0.3) is 10.9 Å². The number of rotatable bonds is 9. The molecule has 43 heavy (non-hydrogen) atoms. The molecule has 1 aliphatic carbocycles. The number of anilines is 2. The van der Waals surface area contributed by atoms with E-state index in [1.54, 1.807) is 31.6 Å². The monoisotopic (exact) mass is 617 g/mol. The van der Waals surface area contributed by atoms with Gasteiger partial charge in [0.1, 0.15) is 12.7 Å². The number of nitrogens with zero attached hydrogens (tertiary/aromatic N) is 3. The SMILES string of the molecule is COc1cc2c(Nc3cc(Cl)c(OCc4ncccc4C)c(Cl)c3)c(C#N)cnc2cc1OCC1CC2(CCNCC2)C1. The Morgan fingerprint density at radius 2 is 1.84 bits per heavy atom. The Hall–Kier alpha value is -3.77. The molecule has 8 nitrogen and oxygen atoms in total. The van der Waals surface area contributed by atoms with Crippen LogP contribution in [0.15, 0.2) is 48.8 Å². The molecular weight excluding hydrogens is 585 g/mol. The molecule has 2 N–H and O–H groups in total. The predicted octanol–water partition coefficient (Wildman–Crippen LogP) is 7.61. The number of aryl methyl sites for hydroxylation is 1. The first-order chi connectivity index (χ1) is 20.9. The molecule has 2 aliphatic rings. The highest BCUT2D eigenvalue weighted by molar-refractivity contribution is 6.37. The van der Waals surface area contributed by atoms with E-state index in [0.717, 1.165) is 24.3 Å². The molecule has 0 unspecified atom stereocenters. The summed E-state index contributed by atoms with van der Waals surface area (Å²) in [6.45, 7) is 5.07. The van der Waals surface area contributed by atoms with E-state index in [2.05, 4.69) is 26.7 Å². The lowest BCUT2D eigenvalue weighted by Gasteiger charge is -2.50. The molecule has 1 spiro atoms. The topological polar surface area (TPSA) is 101 Å². The summed E-state index contributed by atoms with van der Waals surface area (Å²) in [6, 6.07) is 13.2.